The third-order valence-electron chi connectivity index (χ3n) is 2.54. The van der Waals surface area contributed by atoms with Crippen molar-refractivity contribution in [3.63, 3.8) is 0 Å². The molecule has 110 valence electrons. The topological polar surface area (TPSA) is 66.4 Å². The van der Waals surface area contributed by atoms with Gasteiger partial charge in [0.05, 0.1) is 11.3 Å². The number of hydrogen-bond acceptors (Lipinski definition) is 4. The molecule has 2 N–H and O–H groups in total. The minimum Gasteiger partial charge on any atom is -0.478 e. The van der Waals surface area contributed by atoms with Gasteiger partial charge in [0.1, 0.15) is 0 Å². The SMILES string of the molecule is O=C(CSCc1cccs1)Nc1ccc(Br)c(C(=O)O)c1. The summed E-state index contributed by atoms with van der Waals surface area (Å²) in [6.07, 6.45) is 0. The second kappa shape index (κ2) is 7.63. The summed E-state index contributed by atoms with van der Waals surface area (Å²) >= 11 is 6.35. The van der Waals surface area contributed by atoms with Crippen LogP contribution in [0.2, 0.25) is 0 Å². The number of hydrogen-bond donors (Lipinski definition) is 2. The van der Waals surface area contributed by atoms with E-state index in [1.54, 1.807) is 23.5 Å². The van der Waals surface area contributed by atoms with Crippen molar-refractivity contribution in [2.75, 3.05) is 11.1 Å². The fraction of sp³-hybridized carbons (Fsp3) is 0.143. The van der Waals surface area contributed by atoms with Gasteiger partial charge in [0.15, 0.2) is 0 Å². The molecule has 1 amide bonds. The Morgan fingerprint density at radius 2 is 2.14 bits per heavy atom. The van der Waals surface area contributed by atoms with E-state index in [2.05, 4.69) is 21.2 Å². The van der Waals surface area contributed by atoms with Gasteiger partial charge in [-0.3, -0.25) is 4.79 Å². The van der Waals surface area contributed by atoms with Crippen molar-refractivity contribution >= 4 is 56.6 Å². The lowest BCUT2D eigenvalue weighted by Crippen LogP contribution is -2.14. The number of carboxylic acid groups (broad SMARTS) is 1. The highest BCUT2D eigenvalue weighted by Gasteiger charge is 2.10. The van der Waals surface area contributed by atoms with Crippen LogP contribution < -0.4 is 5.32 Å². The van der Waals surface area contributed by atoms with Gasteiger partial charge in [-0.1, -0.05) is 6.07 Å². The van der Waals surface area contributed by atoms with E-state index in [9.17, 15) is 9.59 Å². The number of thiophene rings is 1. The van der Waals surface area contributed by atoms with Crippen LogP contribution in [0.5, 0.6) is 0 Å². The minimum atomic E-state index is -1.04. The number of benzene rings is 1. The molecule has 0 atom stereocenters. The van der Waals surface area contributed by atoms with Gasteiger partial charge < -0.3 is 10.4 Å². The number of rotatable bonds is 6. The molecular weight excluding hydrogens is 374 g/mol. The maximum absolute atomic E-state index is 11.8. The predicted molar refractivity (Wildman–Crippen MR) is 90.2 cm³/mol. The van der Waals surface area contributed by atoms with E-state index in [1.165, 1.54) is 22.7 Å². The third kappa shape index (κ3) is 4.87. The molecule has 0 aliphatic heterocycles. The van der Waals surface area contributed by atoms with Crippen LogP contribution in [0.1, 0.15) is 15.2 Å². The first-order valence-electron chi connectivity index (χ1n) is 5.99. The Bertz CT molecular complexity index is 644. The van der Waals surface area contributed by atoms with Crippen molar-refractivity contribution in [1.82, 2.24) is 0 Å². The molecule has 7 heteroatoms. The van der Waals surface area contributed by atoms with Crippen LogP contribution >= 0.6 is 39.0 Å². The summed E-state index contributed by atoms with van der Waals surface area (Å²) < 4.78 is 0.486. The van der Waals surface area contributed by atoms with E-state index in [0.717, 1.165) is 5.75 Å². The van der Waals surface area contributed by atoms with Gasteiger partial charge in [0.2, 0.25) is 5.91 Å². The smallest absolute Gasteiger partial charge is 0.336 e. The summed E-state index contributed by atoms with van der Waals surface area (Å²) in [6, 6.07) is 8.73. The Balaban J connectivity index is 1.87. The number of carboxylic acids is 1. The van der Waals surface area contributed by atoms with E-state index in [1.807, 2.05) is 17.5 Å². The Morgan fingerprint density at radius 1 is 1.33 bits per heavy atom. The van der Waals surface area contributed by atoms with Gasteiger partial charge >= 0.3 is 5.97 Å². The number of carbonyl (C=O) groups is 2. The van der Waals surface area contributed by atoms with Crippen molar-refractivity contribution < 1.29 is 14.7 Å². The monoisotopic (exact) mass is 385 g/mol. The zero-order chi connectivity index (χ0) is 15.2. The standard InChI is InChI=1S/C14H12BrNO3S2/c15-12-4-3-9(6-11(12)14(18)19)16-13(17)8-20-7-10-2-1-5-21-10/h1-6H,7-8H2,(H,16,17)(H,18,19). The first-order valence-corrected chi connectivity index (χ1v) is 8.82. The van der Waals surface area contributed by atoms with E-state index in [-0.39, 0.29) is 11.5 Å². The summed E-state index contributed by atoms with van der Waals surface area (Å²) in [5, 5.41) is 13.7. The van der Waals surface area contributed by atoms with Crippen molar-refractivity contribution in [2.45, 2.75) is 5.75 Å². The van der Waals surface area contributed by atoms with Crippen LogP contribution in [0.25, 0.3) is 0 Å². The lowest BCUT2D eigenvalue weighted by atomic mass is 10.2. The second-order valence-electron chi connectivity index (χ2n) is 4.12. The molecule has 0 saturated heterocycles. The molecule has 0 spiro atoms. The fourth-order valence-corrected chi connectivity index (χ4v) is 3.69. The van der Waals surface area contributed by atoms with E-state index < -0.39 is 5.97 Å². The fourth-order valence-electron chi connectivity index (χ4n) is 1.60. The highest BCUT2D eigenvalue weighted by atomic mass is 79.9. The van der Waals surface area contributed by atoms with Gasteiger partial charge in [0.25, 0.3) is 0 Å². The number of thioether (sulfide) groups is 1. The summed E-state index contributed by atoms with van der Waals surface area (Å²) in [7, 11) is 0. The third-order valence-corrected chi connectivity index (χ3v) is 5.27. The molecule has 1 aromatic carbocycles. The molecule has 0 saturated carbocycles. The van der Waals surface area contributed by atoms with Crippen LogP contribution in [0.15, 0.2) is 40.2 Å². The van der Waals surface area contributed by atoms with Gasteiger partial charge in [-0.2, -0.15) is 0 Å². The zero-order valence-electron chi connectivity index (χ0n) is 10.8. The summed E-state index contributed by atoms with van der Waals surface area (Å²) in [6.45, 7) is 0. The van der Waals surface area contributed by atoms with Crippen molar-refractivity contribution in [3.05, 3.63) is 50.6 Å². The number of nitrogens with one attached hydrogen (secondary N) is 1. The van der Waals surface area contributed by atoms with Gasteiger partial charge in [-0.05, 0) is 45.6 Å². The Morgan fingerprint density at radius 3 is 2.81 bits per heavy atom. The molecule has 4 nitrogen and oxygen atoms in total. The molecular formula is C14H12BrNO3S2. The Hall–Kier alpha value is -1.31. The molecule has 1 aromatic heterocycles. The molecule has 0 bridgehead atoms. The first kappa shape index (κ1) is 16.1. The molecule has 1 heterocycles. The maximum Gasteiger partial charge on any atom is 0.336 e. The maximum atomic E-state index is 11.8. The second-order valence-corrected chi connectivity index (χ2v) is 6.99. The summed E-state index contributed by atoms with van der Waals surface area (Å²) in [4.78, 5) is 24.1. The molecule has 2 aromatic rings. The van der Waals surface area contributed by atoms with Crippen molar-refractivity contribution in [3.8, 4) is 0 Å². The predicted octanol–water partition coefficient (Wildman–Crippen LogP) is 4.08. The van der Waals surface area contributed by atoms with Crippen LogP contribution in [-0.4, -0.2) is 22.7 Å². The molecule has 0 aliphatic carbocycles. The van der Waals surface area contributed by atoms with Crippen molar-refractivity contribution in [1.29, 1.82) is 0 Å². The Labute approximate surface area is 138 Å². The van der Waals surface area contributed by atoms with Crippen LogP contribution in [0.4, 0.5) is 5.69 Å². The van der Waals surface area contributed by atoms with E-state index >= 15 is 0 Å². The molecule has 2 rings (SSSR count). The summed E-state index contributed by atoms with van der Waals surface area (Å²) in [5.74, 6) is -0.0532. The average molecular weight is 386 g/mol. The molecule has 0 fully saturated rings. The number of carbonyl (C=O) groups excluding carboxylic acids is 1. The molecule has 0 unspecified atom stereocenters. The molecule has 21 heavy (non-hydrogen) atoms. The quantitative estimate of drug-likeness (QED) is 0.785. The zero-order valence-corrected chi connectivity index (χ0v) is 14.1. The first-order chi connectivity index (χ1) is 10.1. The number of halogens is 1. The van der Waals surface area contributed by atoms with Gasteiger partial charge in [-0.25, -0.2) is 4.79 Å². The van der Waals surface area contributed by atoms with Crippen LogP contribution in [0, 0.1) is 0 Å². The largest absolute Gasteiger partial charge is 0.478 e. The highest BCUT2D eigenvalue weighted by molar-refractivity contribution is 9.10. The molecule has 0 radical (unpaired) electrons. The van der Waals surface area contributed by atoms with Crippen LogP contribution in [0.3, 0.4) is 0 Å². The highest BCUT2D eigenvalue weighted by Crippen LogP contribution is 2.22. The van der Waals surface area contributed by atoms with E-state index in [4.69, 9.17) is 5.11 Å². The van der Waals surface area contributed by atoms with E-state index in [0.29, 0.717) is 15.9 Å². The van der Waals surface area contributed by atoms with Crippen LogP contribution in [-0.2, 0) is 10.5 Å². The Kier molecular flexibility index (Phi) is 5.84. The van der Waals surface area contributed by atoms with Gasteiger partial charge in [0, 0.05) is 20.8 Å². The van der Waals surface area contributed by atoms with Gasteiger partial charge in [-0.15, -0.1) is 23.1 Å². The molecule has 0 aliphatic rings. The number of amides is 1. The normalized spacial score (nSPS) is 10.3. The average Bonchev–Trinajstić information content (AvgIpc) is 2.94. The number of aromatic carboxylic acids is 1. The minimum absolute atomic E-state index is 0.124. The number of anilines is 1. The lowest BCUT2D eigenvalue weighted by Gasteiger charge is -2.07. The summed E-state index contributed by atoms with van der Waals surface area (Å²) in [5.41, 5.74) is 0.608. The van der Waals surface area contributed by atoms with Crippen molar-refractivity contribution in [2.24, 2.45) is 0 Å². The lowest BCUT2D eigenvalue weighted by molar-refractivity contribution is -0.113.